The summed E-state index contributed by atoms with van der Waals surface area (Å²) >= 11 is 5.48. The van der Waals surface area contributed by atoms with Crippen molar-refractivity contribution in [2.24, 2.45) is 0 Å². The lowest BCUT2D eigenvalue weighted by Gasteiger charge is -2.06. The van der Waals surface area contributed by atoms with Crippen LogP contribution in [0.1, 0.15) is 32.1 Å². The fourth-order valence-corrected chi connectivity index (χ4v) is 1.13. The third kappa shape index (κ3) is 8.11. The van der Waals surface area contributed by atoms with E-state index in [9.17, 15) is 0 Å². The van der Waals surface area contributed by atoms with Crippen molar-refractivity contribution in [3.05, 3.63) is 0 Å². The van der Waals surface area contributed by atoms with Gasteiger partial charge < -0.3 is 10.2 Å². The number of unbranched alkanes of at least 4 members (excludes halogenated alkanes) is 2. The molecule has 0 saturated heterocycles. The Labute approximate surface area is 73.2 Å². The minimum Gasteiger partial charge on any atom is -0.396 e. The quantitative estimate of drug-likeness (QED) is 0.461. The van der Waals surface area contributed by atoms with Gasteiger partial charge in [0, 0.05) is 12.5 Å². The number of aliphatic hydroxyl groups is 2. The van der Waals surface area contributed by atoms with Gasteiger partial charge in [0.15, 0.2) is 0 Å². The molecule has 0 spiro atoms. The van der Waals surface area contributed by atoms with Gasteiger partial charge in [0.2, 0.25) is 0 Å². The van der Waals surface area contributed by atoms with Crippen LogP contribution in [0.5, 0.6) is 0 Å². The highest BCUT2D eigenvalue weighted by Gasteiger charge is 2.01. The average Bonchev–Trinajstić information content (AvgIpc) is 1.99. The van der Waals surface area contributed by atoms with Crippen LogP contribution >= 0.6 is 11.6 Å². The Bertz CT molecular complexity index is 78.5. The Balaban J connectivity index is 2.97. The minimum atomic E-state index is -0.324. The van der Waals surface area contributed by atoms with Crippen molar-refractivity contribution in [1.29, 1.82) is 0 Å². The Hall–Kier alpha value is 0.210. The molecule has 0 unspecified atom stereocenters. The first-order valence-corrected chi connectivity index (χ1v) is 4.69. The summed E-state index contributed by atoms with van der Waals surface area (Å²) < 4.78 is 0. The second-order valence-corrected chi connectivity index (χ2v) is 3.08. The van der Waals surface area contributed by atoms with Crippen molar-refractivity contribution in [3.8, 4) is 0 Å². The van der Waals surface area contributed by atoms with Gasteiger partial charge >= 0.3 is 0 Å². The molecule has 0 rings (SSSR count). The molecule has 0 bridgehead atoms. The van der Waals surface area contributed by atoms with E-state index in [1.54, 1.807) is 0 Å². The van der Waals surface area contributed by atoms with E-state index < -0.39 is 0 Å². The van der Waals surface area contributed by atoms with Crippen LogP contribution in [-0.2, 0) is 0 Å². The molecule has 0 aliphatic carbocycles. The maximum absolute atomic E-state index is 9.16. The molecule has 0 heterocycles. The first-order valence-electron chi connectivity index (χ1n) is 4.16. The predicted octanol–water partition coefficient (Wildman–Crippen LogP) is 1.53. The molecule has 0 aliphatic heterocycles. The Morgan fingerprint density at radius 2 is 1.82 bits per heavy atom. The summed E-state index contributed by atoms with van der Waals surface area (Å²) in [5.41, 5.74) is 0. The number of hydrogen-bond acceptors (Lipinski definition) is 2. The van der Waals surface area contributed by atoms with Gasteiger partial charge in [0.05, 0.1) is 6.10 Å². The van der Waals surface area contributed by atoms with Crippen LogP contribution in [0, 0.1) is 0 Å². The van der Waals surface area contributed by atoms with Gasteiger partial charge in [-0.3, -0.25) is 0 Å². The van der Waals surface area contributed by atoms with Gasteiger partial charge in [0.1, 0.15) is 0 Å². The van der Waals surface area contributed by atoms with E-state index in [0.717, 1.165) is 25.7 Å². The number of rotatable bonds is 7. The van der Waals surface area contributed by atoms with Crippen LogP contribution in [-0.4, -0.2) is 28.8 Å². The van der Waals surface area contributed by atoms with E-state index >= 15 is 0 Å². The number of halogens is 1. The molecule has 0 aromatic carbocycles. The second kappa shape index (κ2) is 8.31. The summed E-state index contributed by atoms with van der Waals surface area (Å²) in [5.74, 6) is 0.704. The lowest BCUT2D eigenvalue weighted by Crippen LogP contribution is -2.08. The van der Waals surface area contributed by atoms with Crippen LogP contribution in [0.25, 0.3) is 0 Å². The standard InChI is InChI=1S/C8H17ClO2/c9-6-3-1-2-4-8(11)5-7-10/h8,10-11H,1-7H2/t8-/m0/s1. The molecule has 0 amide bonds. The summed E-state index contributed by atoms with van der Waals surface area (Å²) in [5, 5.41) is 17.6. The summed E-state index contributed by atoms with van der Waals surface area (Å²) in [6.45, 7) is 0.0800. The first kappa shape index (κ1) is 11.2. The topological polar surface area (TPSA) is 40.5 Å². The van der Waals surface area contributed by atoms with Crippen molar-refractivity contribution >= 4 is 11.6 Å². The maximum atomic E-state index is 9.16. The van der Waals surface area contributed by atoms with Gasteiger partial charge in [-0.2, -0.15) is 0 Å². The van der Waals surface area contributed by atoms with E-state index in [2.05, 4.69) is 0 Å². The molecular weight excluding hydrogens is 164 g/mol. The van der Waals surface area contributed by atoms with Gasteiger partial charge in [-0.1, -0.05) is 12.8 Å². The van der Waals surface area contributed by atoms with Crippen molar-refractivity contribution < 1.29 is 10.2 Å². The molecule has 2 N–H and O–H groups in total. The first-order chi connectivity index (χ1) is 5.31. The molecule has 0 saturated carbocycles. The normalized spacial score (nSPS) is 13.4. The van der Waals surface area contributed by atoms with Crippen LogP contribution < -0.4 is 0 Å². The van der Waals surface area contributed by atoms with E-state index in [0.29, 0.717) is 12.3 Å². The summed E-state index contributed by atoms with van der Waals surface area (Å²) in [4.78, 5) is 0. The molecule has 0 aliphatic rings. The highest BCUT2D eigenvalue weighted by atomic mass is 35.5. The van der Waals surface area contributed by atoms with Gasteiger partial charge in [0.25, 0.3) is 0 Å². The van der Waals surface area contributed by atoms with Crippen molar-refractivity contribution in [1.82, 2.24) is 0 Å². The number of aliphatic hydroxyl groups excluding tert-OH is 2. The lowest BCUT2D eigenvalue weighted by molar-refractivity contribution is 0.122. The zero-order chi connectivity index (χ0) is 8.53. The third-order valence-electron chi connectivity index (χ3n) is 1.63. The predicted molar refractivity (Wildman–Crippen MR) is 46.9 cm³/mol. The molecule has 2 nitrogen and oxygen atoms in total. The largest absolute Gasteiger partial charge is 0.396 e. The molecule has 1 atom stereocenters. The second-order valence-electron chi connectivity index (χ2n) is 2.70. The summed E-state index contributed by atoms with van der Waals surface area (Å²) in [6, 6.07) is 0. The fourth-order valence-electron chi connectivity index (χ4n) is 0.945. The Morgan fingerprint density at radius 1 is 1.09 bits per heavy atom. The average molecular weight is 181 g/mol. The van der Waals surface area contributed by atoms with Crippen molar-refractivity contribution in [2.75, 3.05) is 12.5 Å². The van der Waals surface area contributed by atoms with E-state index in [1.165, 1.54) is 0 Å². The third-order valence-corrected chi connectivity index (χ3v) is 1.90. The summed E-state index contributed by atoms with van der Waals surface area (Å²) in [6.07, 6.45) is 4.07. The highest BCUT2D eigenvalue weighted by molar-refractivity contribution is 6.17. The highest BCUT2D eigenvalue weighted by Crippen LogP contribution is 2.06. The molecule has 0 aromatic heterocycles. The molecule has 0 radical (unpaired) electrons. The van der Waals surface area contributed by atoms with Crippen molar-refractivity contribution in [2.45, 2.75) is 38.2 Å². The van der Waals surface area contributed by atoms with Crippen LogP contribution in [0.2, 0.25) is 0 Å². The molecule has 0 aromatic rings. The van der Waals surface area contributed by atoms with Crippen LogP contribution in [0.15, 0.2) is 0 Å². The van der Waals surface area contributed by atoms with Crippen LogP contribution in [0.3, 0.4) is 0 Å². The molecular formula is C8H17ClO2. The monoisotopic (exact) mass is 180 g/mol. The zero-order valence-corrected chi connectivity index (χ0v) is 7.56. The molecule has 0 fully saturated rings. The number of alkyl halides is 1. The van der Waals surface area contributed by atoms with Gasteiger partial charge in [-0.25, -0.2) is 0 Å². The van der Waals surface area contributed by atoms with E-state index in [4.69, 9.17) is 21.8 Å². The Morgan fingerprint density at radius 3 is 2.36 bits per heavy atom. The summed E-state index contributed by atoms with van der Waals surface area (Å²) in [7, 11) is 0. The van der Waals surface area contributed by atoms with Gasteiger partial charge in [-0.15, -0.1) is 11.6 Å². The van der Waals surface area contributed by atoms with Crippen LogP contribution in [0.4, 0.5) is 0 Å². The van der Waals surface area contributed by atoms with E-state index in [1.807, 2.05) is 0 Å². The number of hydrogen-bond donors (Lipinski definition) is 2. The molecule has 3 heteroatoms. The molecule has 11 heavy (non-hydrogen) atoms. The fraction of sp³-hybridized carbons (Fsp3) is 1.00. The Kier molecular flexibility index (Phi) is 8.47. The minimum absolute atomic E-state index is 0.0800. The van der Waals surface area contributed by atoms with Gasteiger partial charge in [-0.05, 0) is 19.3 Å². The zero-order valence-electron chi connectivity index (χ0n) is 6.80. The van der Waals surface area contributed by atoms with E-state index in [-0.39, 0.29) is 12.7 Å². The lowest BCUT2D eigenvalue weighted by atomic mass is 10.1. The maximum Gasteiger partial charge on any atom is 0.0562 e. The molecule has 68 valence electrons. The SMILES string of the molecule is OCC[C@@H](O)CCCCCCl. The van der Waals surface area contributed by atoms with Crippen molar-refractivity contribution in [3.63, 3.8) is 0 Å². The smallest absolute Gasteiger partial charge is 0.0562 e.